The molecule has 0 fully saturated rings. The number of halogens is 1. The SMILES string of the molecule is C=C(C)C(=O)OC(C)c1ccc(OC(C)OCC)c(I)c1. The van der Waals surface area contributed by atoms with Crippen LogP contribution in [0.3, 0.4) is 0 Å². The topological polar surface area (TPSA) is 44.8 Å². The minimum atomic E-state index is -0.386. The van der Waals surface area contributed by atoms with E-state index in [4.69, 9.17) is 14.2 Å². The van der Waals surface area contributed by atoms with Crippen molar-refractivity contribution in [2.24, 2.45) is 0 Å². The largest absolute Gasteiger partial charge is 0.464 e. The van der Waals surface area contributed by atoms with Crippen LogP contribution in [-0.2, 0) is 14.3 Å². The molecular weight excluding hydrogens is 383 g/mol. The Bertz CT molecular complexity index is 513. The summed E-state index contributed by atoms with van der Waals surface area (Å²) < 4.78 is 17.3. The summed E-state index contributed by atoms with van der Waals surface area (Å²) in [5, 5.41) is 0. The monoisotopic (exact) mass is 404 g/mol. The summed E-state index contributed by atoms with van der Waals surface area (Å²) in [6, 6.07) is 5.68. The molecule has 116 valence electrons. The van der Waals surface area contributed by atoms with E-state index >= 15 is 0 Å². The van der Waals surface area contributed by atoms with Crippen LogP contribution in [0.15, 0.2) is 30.4 Å². The normalized spacial score (nSPS) is 13.4. The van der Waals surface area contributed by atoms with Crippen LogP contribution in [-0.4, -0.2) is 18.9 Å². The summed E-state index contributed by atoms with van der Waals surface area (Å²) in [6.07, 6.45) is -0.630. The van der Waals surface area contributed by atoms with Gasteiger partial charge in [-0.15, -0.1) is 0 Å². The first-order valence-corrected chi connectivity index (χ1v) is 7.87. The molecule has 21 heavy (non-hydrogen) atoms. The molecule has 1 aromatic rings. The summed E-state index contributed by atoms with van der Waals surface area (Å²) in [4.78, 5) is 11.5. The van der Waals surface area contributed by atoms with E-state index < -0.39 is 0 Å². The van der Waals surface area contributed by atoms with Gasteiger partial charge in [0.1, 0.15) is 11.9 Å². The zero-order valence-corrected chi connectivity index (χ0v) is 15.0. The lowest BCUT2D eigenvalue weighted by atomic mass is 10.1. The van der Waals surface area contributed by atoms with Gasteiger partial charge in [-0.1, -0.05) is 12.6 Å². The Balaban J connectivity index is 2.77. The lowest BCUT2D eigenvalue weighted by Crippen LogP contribution is -2.16. The third-order valence-corrected chi connectivity index (χ3v) is 3.59. The molecule has 0 aliphatic heterocycles. The van der Waals surface area contributed by atoms with E-state index in [0.29, 0.717) is 12.2 Å². The third-order valence-electron chi connectivity index (χ3n) is 2.75. The molecule has 5 heteroatoms. The van der Waals surface area contributed by atoms with E-state index in [0.717, 1.165) is 14.9 Å². The molecule has 0 radical (unpaired) electrons. The predicted octanol–water partition coefficient (Wildman–Crippen LogP) is 4.23. The van der Waals surface area contributed by atoms with E-state index in [1.165, 1.54) is 0 Å². The second-order valence-electron chi connectivity index (χ2n) is 4.66. The molecule has 0 bridgehead atoms. The number of rotatable bonds is 7. The van der Waals surface area contributed by atoms with E-state index in [1.54, 1.807) is 6.92 Å². The molecule has 0 spiro atoms. The first-order valence-electron chi connectivity index (χ1n) is 6.79. The van der Waals surface area contributed by atoms with E-state index in [1.807, 2.05) is 39.0 Å². The molecule has 0 aliphatic rings. The maximum Gasteiger partial charge on any atom is 0.333 e. The number of carbonyl (C=O) groups is 1. The Morgan fingerprint density at radius 3 is 2.57 bits per heavy atom. The molecule has 2 atom stereocenters. The van der Waals surface area contributed by atoms with Crippen LogP contribution < -0.4 is 4.74 Å². The van der Waals surface area contributed by atoms with Crippen LogP contribution in [0.2, 0.25) is 0 Å². The van der Waals surface area contributed by atoms with Crippen LogP contribution in [0.25, 0.3) is 0 Å². The Hall–Kier alpha value is -1.08. The highest BCUT2D eigenvalue weighted by atomic mass is 127. The summed E-state index contributed by atoms with van der Waals surface area (Å²) >= 11 is 2.19. The highest BCUT2D eigenvalue weighted by molar-refractivity contribution is 14.1. The van der Waals surface area contributed by atoms with Crippen LogP contribution in [0.4, 0.5) is 0 Å². The summed E-state index contributed by atoms with van der Waals surface area (Å²) in [7, 11) is 0. The fraction of sp³-hybridized carbons (Fsp3) is 0.438. The van der Waals surface area contributed by atoms with Gasteiger partial charge < -0.3 is 14.2 Å². The Morgan fingerprint density at radius 2 is 2.05 bits per heavy atom. The molecule has 4 nitrogen and oxygen atoms in total. The van der Waals surface area contributed by atoms with Crippen molar-refractivity contribution in [2.45, 2.75) is 40.1 Å². The molecule has 2 unspecified atom stereocenters. The number of benzene rings is 1. The average molecular weight is 404 g/mol. The Labute approximate surface area is 139 Å². The lowest BCUT2D eigenvalue weighted by molar-refractivity contribution is -0.143. The fourth-order valence-electron chi connectivity index (χ4n) is 1.64. The highest BCUT2D eigenvalue weighted by Gasteiger charge is 2.14. The number of hydrogen-bond acceptors (Lipinski definition) is 4. The molecular formula is C16H21IO4. The summed E-state index contributed by atoms with van der Waals surface area (Å²) in [5.41, 5.74) is 1.30. The maximum absolute atomic E-state index is 11.5. The van der Waals surface area contributed by atoms with Crippen molar-refractivity contribution in [3.63, 3.8) is 0 Å². The van der Waals surface area contributed by atoms with Gasteiger partial charge >= 0.3 is 5.97 Å². The molecule has 0 aromatic heterocycles. The quantitative estimate of drug-likeness (QED) is 0.295. The van der Waals surface area contributed by atoms with Gasteiger partial charge in [-0.25, -0.2) is 4.79 Å². The van der Waals surface area contributed by atoms with E-state index in [-0.39, 0.29) is 18.4 Å². The second kappa shape index (κ2) is 8.38. The zero-order valence-electron chi connectivity index (χ0n) is 12.8. The first kappa shape index (κ1) is 18.0. The second-order valence-corrected chi connectivity index (χ2v) is 5.82. The van der Waals surface area contributed by atoms with Gasteiger partial charge in [-0.05, 0) is 68.0 Å². The number of esters is 1. The highest BCUT2D eigenvalue weighted by Crippen LogP contribution is 2.27. The summed E-state index contributed by atoms with van der Waals surface area (Å²) in [5.74, 6) is 0.363. The van der Waals surface area contributed by atoms with Gasteiger partial charge in [0.2, 0.25) is 0 Å². The molecule has 0 aliphatic carbocycles. The van der Waals surface area contributed by atoms with Crippen LogP contribution in [0.5, 0.6) is 5.75 Å². The first-order chi connectivity index (χ1) is 9.85. The molecule has 1 rings (SSSR count). The average Bonchev–Trinajstić information content (AvgIpc) is 2.41. The van der Waals surface area contributed by atoms with Gasteiger partial charge in [-0.3, -0.25) is 0 Å². The third kappa shape index (κ3) is 5.67. The molecule has 0 N–H and O–H groups in total. The van der Waals surface area contributed by atoms with Gasteiger partial charge in [0.15, 0.2) is 6.29 Å². The molecule has 0 saturated carbocycles. The van der Waals surface area contributed by atoms with Gasteiger partial charge in [-0.2, -0.15) is 0 Å². The van der Waals surface area contributed by atoms with Crippen LogP contribution >= 0.6 is 22.6 Å². The zero-order chi connectivity index (χ0) is 16.0. The maximum atomic E-state index is 11.5. The smallest absolute Gasteiger partial charge is 0.333 e. The van der Waals surface area contributed by atoms with Crippen molar-refractivity contribution in [1.82, 2.24) is 0 Å². The van der Waals surface area contributed by atoms with Crippen LogP contribution in [0.1, 0.15) is 39.4 Å². The van der Waals surface area contributed by atoms with E-state index in [9.17, 15) is 4.79 Å². The van der Waals surface area contributed by atoms with Gasteiger partial charge in [0.05, 0.1) is 3.57 Å². The summed E-state index contributed by atoms with van der Waals surface area (Å²) in [6.45, 7) is 11.4. The number of carbonyl (C=O) groups excluding carboxylic acids is 1. The van der Waals surface area contributed by atoms with Crippen molar-refractivity contribution >= 4 is 28.6 Å². The Kier molecular flexibility index (Phi) is 7.17. The molecule has 1 aromatic carbocycles. The fourth-order valence-corrected chi connectivity index (χ4v) is 2.31. The van der Waals surface area contributed by atoms with Crippen molar-refractivity contribution in [2.75, 3.05) is 6.61 Å². The standard InChI is InChI=1S/C16H21IO4/c1-6-19-12(5)21-15-8-7-13(9-14(15)17)11(4)20-16(18)10(2)3/h7-9,11-12H,2,6H2,1,3-5H3. The minimum Gasteiger partial charge on any atom is -0.464 e. The lowest BCUT2D eigenvalue weighted by Gasteiger charge is -2.18. The molecule has 0 amide bonds. The Morgan fingerprint density at radius 1 is 1.38 bits per heavy atom. The van der Waals surface area contributed by atoms with E-state index in [2.05, 4.69) is 29.2 Å². The van der Waals surface area contributed by atoms with Crippen molar-refractivity contribution in [1.29, 1.82) is 0 Å². The molecule has 0 saturated heterocycles. The van der Waals surface area contributed by atoms with Crippen molar-refractivity contribution < 1.29 is 19.0 Å². The van der Waals surface area contributed by atoms with Crippen molar-refractivity contribution in [3.8, 4) is 5.75 Å². The number of hydrogen-bond donors (Lipinski definition) is 0. The van der Waals surface area contributed by atoms with Gasteiger partial charge in [0, 0.05) is 12.2 Å². The number of ether oxygens (including phenoxy) is 3. The predicted molar refractivity (Wildman–Crippen MR) is 90.2 cm³/mol. The van der Waals surface area contributed by atoms with Gasteiger partial charge in [0.25, 0.3) is 0 Å². The minimum absolute atomic E-state index is 0.298. The molecule has 0 heterocycles. The van der Waals surface area contributed by atoms with Crippen molar-refractivity contribution in [3.05, 3.63) is 39.5 Å². The van der Waals surface area contributed by atoms with Crippen LogP contribution in [0, 0.1) is 3.57 Å².